The monoisotopic (exact) mass is 488 g/mol. The van der Waals surface area contributed by atoms with Gasteiger partial charge in [0.1, 0.15) is 0 Å². The summed E-state index contributed by atoms with van der Waals surface area (Å²) in [6.07, 6.45) is 0. The zero-order valence-corrected chi connectivity index (χ0v) is 19.5. The number of halogens is 1. The van der Waals surface area contributed by atoms with Gasteiger partial charge in [0.2, 0.25) is 0 Å². The molecule has 3 heteroatoms. The first-order chi connectivity index (χ1) is 16.3. The minimum Gasteiger partial charge on any atom is -0.310 e. The van der Waals surface area contributed by atoms with Gasteiger partial charge in [-0.2, -0.15) is 0 Å². The molecule has 1 aromatic heterocycles. The lowest BCUT2D eigenvalue weighted by molar-refractivity contribution is 1.18. The molecule has 0 saturated heterocycles. The summed E-state index contributed by atoms with van der Waals surface area (Å²) in [6, 6.07) is 45.0. The second-order valence-corrected chi connectivity index (χ2v) is 8.96. The molecule has 0 bridgehead atoms. The van der Waals surface area contributed by atoms with Crippen LogP contribution in [0.2, 0.25) is 0 Å². The first-order valence-electron chi connectivity index (χ1n) is 11.0. The Kier molecular flexibility index (Phi) is 4.97. The average molecular weight is 489 g/mol. The van der Waals surface area contributed by atoms with Gasteiger partial charge in [-0.25, -0.2) is 0 Å². The number of fused-ring (bicyclic) bond motifs is 3. The van der Waals surface area contributed by atoms with Crippen LogP contribution in [0.5, 0.6) is 0 Å². The smallest absolute Gasteiger partial charge is 0.0561 e. The van der Waals surface area contributed by atoms with Crippen LogP contribution >= 0.6 is 15.9 Å². The third-order valence-electron chi connectivity index (χ3n) is 6.01. The Morgan fingerprint density at radius 2 is 1.12 bits per heavy atom. The number of anilines is 3. The molecule has 0 aliphatic carbocycles. The van der Waals surface area contributed by atoms with Crippen molar-refractivity contribution in [3.05, 3.63) is 132 Å². The topological polar surface area (TPSA) is 8.17 Å². The van der Waals surface area contributed by atoms with E-state index in [1.54, 1.807) is 0 Å². The van der Waals surface area contributed by atoms with Crippen LogP contribution in [0, 0.1) is 0 Å². The molecular weight excluding hydrogens is 468 g/mol. The highest BCUT2D eigenvalue weighted by atomic mass is 79.9. The molecule has 0 N–H and O–H groups in total. The van der Waals surface area contributed by atoms with Crippen LogP contribution in [0.15, 0.2) is 132 Å². The lowest BCUT2D eigenvalue weighted by atomic mass is 10.1. The predicted molar refractivity (Wildman–Crippen MR) is 143 cm³/mol. The molecule has 0 unspecified atom stereocenters. The maximum absolute atomic E-state index is 3.65. The van der Waals surface area contributed by atoms with Crippen LogP contribution in [-0.2, 0) is 0 Å². The van der Waals surface area contributed by atoms with Crippen molar-refractivity contribution in [1.29, 1.82) is 0 Å². The third-order valence-corrected chi connectivity index (χ3v) is 6.50. The standard InChI is InChI=1S/C30H21BrN2/c31-22-10-9-15-25(20-22)32(23-11-3-1-4-12-23)26-18-19-28-27-16-7-8-17-29(27)33(30(28)21-26)24-13-5-2-6-14-24/h1-21H. The van der Waals surface area contributed by atoms with E-state index in [2.05, 4.69) is 153 Å². The van der Waals surface area contributed by atoms with E-state index in [1.165, 1.54) is 21.8 Å². The highest BCUT2D eigenvalue weighted by Gasteiger charge is 2.17. The molecule has 0 amide bonds. The second-order valence-electron chi connectivity index (χ2n) is 8.04. The van der Waals surface area contributed by atoms with Gasteiger partial charge >= 0.3 is 0 Å². The molecule has 5 aromatic carbocycles. The molecular formula is C30H21BrN2. The number of aromatic nitrogens is 1. The van der Waals surface area contributed by atoms with Crippen molar-refractivity contribution >= 4 is 54.8 Å². The average Bonchev–Trinajstić information content (AvgIpc) is 3.19. The van der Waals surface area contributed by atoms with Crippen LogP contribution < -0.4 is 4.90 Å². The van der Waals surface area contributed by atoms with Gasteiger partial charge in [0.15, 0.2) is 0 Å². The number of para-hydroxylation sites is 3. The van der Waals surface area contributed by atoms with Crippen molar-refractivity contribution in [2.24, 2.45) is 0 Å². The molecule has 33 heavy (non-hydrogen) atoms. The number of hydrogen-bond donors (Lipinski definition) is 0. The van der Waals surface area contributed by atoms with Crippen LogP contribution in [0.4, 0.5) is 17.1 Å². The van der Waals surface area contributed by atoms with Gasteiger partial charge in [0.05, 0.1) is 11.0 Å². The van der Waals surface area contributed by atoms with Gasteiger partial charge < -0.3 is 9.47 Å². The summed E-state index contributed by atoms with van der Waals surface area (Å²) >= 11 is 3.65. The fourth-order valence-electron chi connectivity index (χ4n) is 4.59. The second kappa shape index (κ2) is 8.27. The molecule has 0 aliphatic heterocycles. The van der Waals surface area contributed by atoms with E-state index >= 15 is 0 Å². The SMILES string of the molecule is Brc1cccc(N(c2ccccc2)c2ccc3c4ccccc4n(-c4ccccc4)c3c2)c1. The molecule has 0 fully saturated rings. The number of benzene rings is 5. The minimum atomic E-state index is 1.06. The summed E-state index contributed by atoms with van der Waals surface area (Å²) < 4.78 is 3.42. The summed E-state index contributed by atoms with van der Waals surface area (Å²) in [5.74, 6) is 0. The summed E-state index contributed by atoms with van der Waals surface area (Å²) in [5.41, 5.74) is 6.91. The lowest BCUT2D eigenvalue weighted by Crippen LogP contribution is -2.10. The Hall–Kier alpha value is -3.82. The van der Waals surface area contributed by atoms with E-state index in [4.69, 9.17) is 0 Å². The van der Waals surface area contributed by atoms with Crippen molar-refractivity contribution in [2.75, 3.05) is 4.90 Å². The van der Waals surface area contributed by atoms with Crippen molar-refractivity contribution in [2.45, 2.75) is 0 Å². The molecule has 0 radical (unpaired) electrons. The summed E-state index contributed by atoms with van der Waals surface area (Å²) in [7, 11) is 0. The fourth-order valence-corrected chi connectivity index (χ4v) is 4.98. The molecule has 2 nitrogen and oxygen atoms in total. The number of hydrogen-bond acceptors (Lipinski definition) is 1. The van der Waals surface area contributed by atoms with Crippen LogP contribution in [0.25, 0.3) is 27.5 Å². The Morgan fingerprint density at radius 1 is 0.485 bits per heavy atom. The van der Waals surface area contributed by atoms with E-state index in [0.29, 0.717) is 0 Å². The quantitative estimate of drug-likeness (QED) is 0.240. The van der Waals surface area contributed by atoms with E-state index in [-0.39, 0.29) is 0 Å². The molecule has 0 saturated carbocycles. The Balaban J connectivity index is 1.65. The van der Waals surface area contributed by atoms with Gasteiger partial charge in [0.25, 0.3) is 0 Å². The summed E-state index contributed by atoms with van der Waals surface area (Å²) in [6.45, 7) is 0. The maximum Gasteiger partial charge on any atom is 0.0561 e. The zero-order valence-electron chi connectivity index (χ0n) is 17.9. The summed E-state index contributed by atoms with van der Waals surface area (Å²) in [4.78, 5) is 2.30. The van der Waals surface area contributed by atoms with E-state index in [1.807, 2.05) is 0 Å². The van der Waals surface area contributed by atoms with Gasteiger partial charge in [-0.3, -0.25) is 0 Å². The maximum atomic E-state index is 3.65. The van der Waals surface area contributed by atoms with Gasteiger partial charge in [-0.05, 0) is 60.7 Å². The molecule has 6 rings (SSSR count). The lowest BCUT2D eigenvalue weighted by Gasteiger charge is -2.26. The molecule has 158 valence electrons. The zero-order chi connectivity index (χ0) is 22.2. The predicted octanol–water partition coefficient (Wildman–Crippen LogP) is 9.02. The molecule has 6 aromatic rings. The fraction of sp³-hybridized carbons (Fsp3) is 0. The minimum absolute atomic E-state index is 1.06. The normalized spacial score (nSPS) is 11.2. The Morgan fingerprint density at radius 3 is 1.91 bits per heavy atom. The largest absolute Gasteiger partial charge is 0.310 e. The third kappa shape index (κ3) is 3.51. The van der Waals surface area contributed by atoms with Crippen LogP contribution in [-0.4, -0.2) is 4.57 Å². The molecule has 0 spiro atoms. The Labute approximate surface area is 201 Å². The van der Waals surface area contributed by atoms with Crippen molar-refractivity contribution in [3.63, 3.8) is 0 Å². The Bertz CT molecular complexity index is 1570. The first-order valence-corrected chi connectivity index (χ1v) is 11.8. The highest BCUT2D eigenvalue weighted by molar-refractivity contribution is 9.10. The van der Waals surface area contributed by atoms with E-state index in [0.717, 1.165) is 27.2 Å². The first kappa shape index (κ1) is 19.8. The highest BCUT2D eigenvalue weighted by Crippen LogP contribution is 2.39. The summed E-state index contributed by atoms with van der Waals surface area (Å²) in [5, 5.41) is 2.51. The molecule has 0 aliphatic rings. The van der Waals surface area contributed by atoms with Crippen molar-refractivity contribution < 1.29 is 0 Å². The van der Waals surface area contributed by atoms with E-state index in [9.17, 15) is 0 Å². The molecule has 1 heterocycles. The van der Waals surface area contributed by atoms with Crippen LogP contribution in [0.3, 0.4) is 0 Å². The van der Waals surface area contributed by atoms with E-state index < -0.39 is 0 Å². The van der Waals surface area contributed by atoms with Crippen molar-refractivity contribution in [3.8, 4) is 5.69 Å². The van der Waals surface area contributed by atoms with Gasteiger partial charge in [-0.15, -0.1) is 0 Å². The van der Waals surface area contributed by atoms with Crippen molar-refractivity contribution in [1.82, 2.24) is 4.57 Å². The van der Waals surface area contributed by atoms with Gasteiger partial charge in [-0.1, -0.05) is 82.7 Å². The van der Waals surface area contributed by atoms with Crippen LogP contribution in [0.1, 0.15) is 0 Å². The van der Waals surface area contributed by atoms with Gasteiger partial charge in [0, 0.05) is 38.0 Å². The number of rotatable bonds is 4. The number of nitrogens with zero attached hydrogens (tertiary/aromatic N) is 2. The molecule has 0 atom stereocenters.